The average Bonchev–Trinajstić information content (AvgIpc) is 2.28. The molecule has 76 valence electrons. The van der Waals surface area contributed by atoms with Gasteiger partial charge in [0.25, 0.3) is 0 Å². The molecule has 1 amide bonds. The summed E-state index contributed by atoms with van der Waals surface area (Å²) in [6.45, 7) is 2.95. The van der Waals surface area contributed by atoms with Gasteiger partial charge in [0, 0.05) is 35.4 Å². The van der Waals surface area contributed by atoms with Crippen molar-refractivity contribution in [3.05, 3.63) is 0 Å². The molecular formula is C8H14ClNO2S. The zero-order valence-corrected chi connectivity index (χ0v) is 9.24. The second kappa shape index (κ2) is 4.96. The topological polar surface area (TPSA) is 37.4 Å². The van der Waals surface area contributed by atoms with Crippen molar-refractivity contribution in [1.82, 2.24) is 4.90 Å². The smallest absolute Gasteiger partial charge is 0.240 e. The Morgan fingerprint density at radius 2 is 2.15 bits per heavy atom. The van der Waals surface area contributed by atoms with E-state index in [2.05, 4.69) is 0 Å². The maximum absolute atomic E-state index is 11.5. The van der Waals surface area contributed by atoms with E-state index >= 15 is 0 Å². The van der Waals surface area contributed by atoms with Crippen LogP contribution in [-0.2, 0) is 15.6 Å². The third-order valence-corrected chi connectivity index (χ3v) is 3.61. The summed E-state index contributed by atoms with van der Waals surface area (Å²) in [6.07, 6.45) is 0.821. The summed E-state index contributed by atoms with van der Waals surface area (Å²) in [5.74, 6) is 1.26. The second-order valence-electron chi connectivity index (χ2n) is 3.14. The molecule has 1 aliphatic heterocycles. The minimum Gasteiger partial charge on any atom is -0.340 e. The molecule has 5 heteroatoms. The molecule has 0 saturated carbocycles. The highest BCUT2D eigenvalue weighted by molar-refractivity contribution is 7.85. The van der Waals surface area contributed by atoms with Crippen LogP contribution in [0.5, 0.6) is 0 Å². The summed E-state index contributed by atoms with van der Waals surface area (Å²) in [5.41, 5.74) is 0. The van der Waals surface area contributed by atoms with E-state index in [0.717, 1.165) is 6.42 Å². The van der Waals surface area contributed by atoms with Crippen molar-refractivity contribution < 1.29 is 9.00 Å². The van der Waals surface area contributed by atoms with Gasteiger partial charge in [0.05, 0.1) is 0 Å². The number of amides is 1. The van der Waals surface area contributed by atoms with Crippen molar-refractivity contribution in [3.8, 4) is 0 Å². The predicted octanol–water partition coefficient (Wildman–Crippen LogP) is 0.595. The quantitative estimate of drug-likeness (QED) is 0.611. The number of carbonyl (C=O) groups excluding carboxylic acids is 1. The van der Waals surface area contributed by atoms with Gasteiger partial charge in [-0.1, -0.05) is 0 Å². The Labute approximate surface area is 85.9 Å². The van der Waals surface area contributed by atoms with Crippen LogP contribution in [0.4, 0.5) is 0 Å². The Morgan fingerprint density at radius 1 is 1.46 bits per heavy atom. The van der Waals surface area contributed by atoms with Crippen LogP contribution in [0, 0.1) is 0 Å². The van der Waals surface area contributed by atoms with Gasteiger partial charge in [0.1, 0.15) is 5.38 Å². The molecule has 1 fully saturated rings. The van der Waals surface area contributed by atoms with Crippen molar-refractivity contribution >= 4 is 28.3 Å². The Kier molecular flexibility index (Phi) is 4.19. The number of carbonyl (C=O) groups is 1. The van der Waals surface area contributed by atoms with Gasteiger partial charge < -0.3 is 4.90 Å². The van der Waals surface area contributed by atoms with E-state index in [1.807, 2.05) is 0 Å². The van der Waals surface area contributed by atoms with Gasteiger partial charge in [0.15, 0.2) is 0 Å². The molecule has 0 radical (unpaired) electrons. The third kappa shape index (κ3) is 3.27. The lowest BCUT2D eigenvalue weighted by molar-refractivity contribution is -0.130. The highest BCUT2D eigenvalue weighted by Crippen LogP contribution is 2.06. The molecule has 1 saturated heterocycles. The van der Waals surface area contributed by atoms with Crippen molar-refractivity contribution in [2.24, 2.45) is 0 Å². The van der Waals surface area contributed by atoms with Crippen LogP contribution in [0.3, 0.4) is 0 Å². The molecule has 13 heavy (non-hydrogen) atoms. The third-order valence-electron chi connectivity index (χ3n) is 2.04. The molecule has 1 aliphatic rings. The van der Waals surface area contributed by atoms with Gasteiger partial charge in [-0.3, -0.25) is 9.00 Å². The number of alkyl halides is 1. The molecule has 1 heterocycles. The maximum atomic E-state index is 11.5. The fourth-order valence-corrected chi connectivity index (χ4v) is 2.53. The van der Waals surface area contributed by atoms with Crippen LogP contribution in [0.25, 0.3) is 0 Å². The fraction of sp³-hybridized carbons (Fsp3) is 0.875. The first kappa shape index (κ1) is 11.0. The number of halogens is 1. The number of hydrogen-bond acceptors (Lipinski definition) is 2. The average molecular weight is 224 g/mol. The normalized spacial score (nSPS) is 26.6. The maximum Gasteiger partial charge on any atom is 0.240 e. The van der Waals surface area contributed by atoms with Gasteiger partial charge in [-0.05, 0) is 13.3 Å². The monoisotopic (exact) mass is 223 g/mol. The molecular weight excluding hydrogens is 210 g/mol. The Hall–Kier alpha value is -0.0900. The van der Waals surface area contributed by atoms with Crippen molar-refractivity contribution in [3.63, 3.8) is 0 Å². The highest BCUT2D eigenvalue weighted by atomic mass is 35.5. The van der Waals surface area contributed by atoms with Crippen molar-refractivity contribution in [2.75, 3.05) is 24.6 Å². The molecule has 2 unspecified atom stereocenters. The Balaban J connectivity index is 2.51. The van der Waals surface area contributed by atoms with E-state index in [4.69, 9.17) is 11.6 Å². The van der Waals surface area contributed by atoms with Crippen molar-refractivity contribution in [1.29, 1.82) is 0 Å². The minimum absolute atomic E-state index is 0.0411. The van der Waals surface area contributed by atoms with Gasteiger partial charge in [-0.15, -0.1) is 11.6 Å². The van der Waals surface area contributed by atoms with E-state index in [0.29, 0.717) is 24.6 Å². The Bertz CT molecular complexity index is 220. The molecule has 2 atom stereocenters. The first-order chi connectivity index (χ1) is 6.11. The standard InChI is InChI=1S/C8H14ClNO2S/c1-7(9)8(11)10-3-2-5-13(12)6-4-10/h7H,2-6H2,1H3. The lowest BCUT2D eigenvalue weighted by Crippen LogP contribution is -2.37. The molecule has 0 spiro atoms. The van der Waals surface area contributed by atoms with Crippen LogP contribution >= 0.6 is 11.6 Å². The minimum atomic E-state index is -0.745. The summed E-state index contributed by atoms with van der Waals surface area (Å²) in [7, 11) is -0.745. The molecule has 0 aliphatic carbocycles. The van der Waals surface area contributed by atoms with E-state index in [-0.39, 0.29) is 5.91 Å². The summed E-state index contributed by atoms with van der Waals surface area (Å²) < 4.78 is 11.2. The molecule has 0 N–H and O–H groups in total. The Morgan fingerprint density at radius 3 is 2.77 bits per heavy atom. The van der Waals surface area contributed by atoms with Crippen LogP contribution in [-0.4, -0.2) is 45.0 Å². The molecule has 1 rings (SSSR count). The van der Waals surface area contributed by atoms with E-state index in [1.165, 1.54) is 0 Å². The molecule has 0 aromatic heterocycles. The lowest BCUT2D eigenvalue weighted by atomic mass is 10.3. The van der Waals surface area contributed by atoms with Crippen LogP contribution in [0.1, 0.15) is 13.3 Å². The van der Waals surface area contributed by atoms with Gasteiger partial charge in [-0.25, -0.2) is 0 Å². The van der Waals surface area contributed by atoms with E-state index in [1.54, 1.807) is 11.8 Å². The predicted molar refractivity (Wildman–Crippen MR) is 54.4 cm³/mol. The fourth-order valence-electron chi connectivity index (χ4n) is 1.31. The zero-order chi connectivity index (χ0) is 9.84. The number of nitrogens with zero attached hydrogens (tertiary/aromatic N) is 1. The highest BCUT2D eigenvalue weighted by Gasteiger charge is 2.21. The first-order valence-electron chi connectivity index (χ1n) is 4.39. The zero-order valence-electron chi connectivity index (χ0n) is 7.66. The first-order valence-corrected chi connectivity index (χ1v) is 6.31. The van der Waals surface area contributed by atoms with E-state index < -0.39 is 16.2 Å². The van der Waals surface area contributed by atoms with Gasteiger partial charge in [-0.2, -0.15) is 0 Å². The van der Waals surface area contributed by atoms with Crippen LogP contribution < -0.4 is 0 Å². The van der Waals surface area contributed by atoms with E-state index in [9.17, 15) is 9.00 Å². The largest absolute Gasteiger partial charge is 0.340 e. The summed E-state index contributed by atoms with van der Waals surface area (Å²) >= 11 is 5.68. The second-order valence-corrected chi connectivity index (χ2v) is 5.49. The molecule has 0 aromatic carbocycles. The van der Waals surface area contributed by atoms with Gasteiger partial charge in [0.2, 0.25) is 5.91 Å². The molecule has 0 bridgehead atoms. The number of rotatable bonds is 1. The summed E-state index contributed by atoms with van der Waals surface area (Å²) in [6, 6.07) is 0. The molecule has 0 aromatic rings. The van der Waals surface area contributed by atoms with Crippen LogP contribution in [0.2, 0.25) is 0 Å². The van der Waals surface area contributed by atoms with Crippen molar-refractivity contribution in [2.45, 2.75) is 18.7 Å². The van der Waals surface area contributed by atoms with Gasteiger partial charge >= 0.3 is 0 Å². The lowest BCUT2D eigenvalue weighted by Gasteiger charge is -2.20. The molecule has 3 nitrogen and oxygen atoms in total. The number of hydrogen-bond donors (Lipinski definition) is 0. The SMILES string of the molecule is CC(Cl)C(=O)N1CCCS(=O)CC1. The van der Waals surface area contributed by atoms with Crippen LogP contribution in [0.15, 0.2) is 0 Å². The summed E-state index contributed by atoms with van der Waals surface area (Å²) in [5, 5.41) is -0.466. The summed E-state index contributed by atoms with van der Waals surface area (Å²) in [4.78, 5) is 13.2.